The second-order valence-corrected chi connectivity index (χ2v) is 4.87. The van der Waals surface area contributed by atoms with Crippen LogP contribution >= 0.6 is 0 Å². The van der Waals surface area contributed by atoms with Crippen molar-refractivity contribution in [3.8, 4) is 5.75 Å². The summed E-state index contributed by atoms with van der Waals surface area (Å²) in [4.78, 5) is 24.7. The number of benzene rings is 1. The van der Waals surface area contributed by atoms with Crippen molar-refractivity contribution in [2.45, 2.75) is 32.2 Å². The highest BCUT2D eigenvalue weighted by molar-refractivity contribution is 5.96. The molecule has 0 heterocycles. The van der Waals surface area contributed by atoms with Gasteiger partial charge in [0.25, 0.3) is 5.91 Å². The Morgan fingerprint density at radius 3 is 2.58 bits per heavy atom. The second-order valence-electron chi connectivity index (χ2n) is 4.87. The Balaban J connectivity index is 2.16. The van der Waals surface area contributed by atoms with Crippen molar-refractivity contribution in [1.29, 1.82) is 0 Å². The minimum Gasteiger partial charge on any atom is -0.508 e. The van der Waals surface area contributed by atoms with Crippen LogP contribution in [-0.2, 0) is 4.79 Å². The van der Waals surface area contributed by atoms with Gasteiger partial charge in [0.1, 0.15) is 5.75 Å². The summed E-state index contributed by atoms with van der Waals surface area (Å²) in [6, 6.07) is 4.77. The van der Waals surface area contributed by atoms with Crippen LogP contribution < -0.4 is 0 Å². The van der Waals surface area contributed by atoms with E-state index in [2.05, 4.69) is 0 Å². The summed E-state index contributed by atoms with van der Waals surface area (Å²) in [5, 5.41) is 18.1. The molecular formula is C14H17NO4. The van der Waals surface area contributed by atoms with Gasteiger partial charge in [-0.25, -0.2) is 0 Å². The number of hydrogen-bond acceptors (Lipinski definition) is 3. The van der Waals surface area contributed by atoms with Gasteiger partial charge in [-0.1, -0.05) is 0 Å². The van der Waals surface area contributed by atoms with E-state index in [1.807, 2.05) is 0 Å². The largest absolute Gasteiger partial charge is 0.508 e. The Kier molecular flexibility index (Phi) is 3.74. The monoisotopic (exact) mass is 263 g/mol. The molecule has 1 aliphatic rings. The number of phenols is 1. The lowest BCUT2D eigenvalue weighted by atomic mass is 10.1. The quantitative estimate of drug-likeness (QED) is 0.848. The SMILES string of the molecule is Cc1cc(O)ccc1C(=O)N(CCC(=O)O)C1CC1. The Morgan fingerprint density at radius 1 is 1.37 bits per heavy atom. The smallest absolute Gasteiger partial charge is 0.305 e. The van der Waals surface area contributed by atoms with E-state index in [0.29, 0.717) is 11.1 Å². The maximum Gasteiger partial charge on any atom is 0.305 e. The number of amides is 1. The molecule has 1 aromatic rings. The number of aryl methyl sites for hydroxylation is 1. The highest BCUT2D eigenvalue weighted by atomic mass is 16.4. The molecule has 19 heavy (non-hydrogen) atoms. The molecule has 0 aliphatic heterocycles. The predicted molar refractivity (Wildman–Crippen MR) is 69.2 cm³/mol. The molecule has 1 saturated carbocycles. The topological polar surface area (TPSA) is 77.8 Å². The van der Waals surface area contributed by atoms with Gasteiger partial charge in [-0.15, -0.1) is 0 Å². The lowest BCUT2D eigenvalue weighted by Crippen LogP contribution is -2.35. The lowest BCUT2D eigenvalue weighted by molar-refractivity contribution is -0.137. The summed E-state index contributed by atoms with van der Waals surface area (Å²) in [5.41, 5.74) is 1.22. The summed E-state index contributed by atoms with van der Waals surface area (Å²) in [6.07, 6.45) is 1.82. The molecule has 0 aromatic heterocycles. The molecule has 0 radical (unpaired) electrons. The summed E-state index contributed by atoms with van der Waals surface area (Å²) >= 11 is 0. The van der Waals surface area contributed by atoms with Crippen molar-refractivity contribution in [2.75, 3.05) is 6.54 Å². The summed E-state index contributed by atoms with van der Waals surface area (Å²) < 4.78 is 0. The van der Waals surface area contributed by atoms with Gasteiger partial charge in [-0.3, -0.25) is 9.59 Å². The Morgan fingerprint density at radius 2 is 2.05 bits per heavy atom. The molecule has 5 heteroatoms. The van der Waals surface area contributed by atoms with Crippen LogP contribution in [0.5, 0.6) is 5.75 Å². The normalized spacial score (nSPS) is 14.2. The van der Waals surface area contributed by atoms with Crippen LogP contribution in [0.25, 0.3) is 0 Å². The average molecular weight is 263 g/mol. The van der Waals surface area contributed by atoms with Crippen molar-refractivity contribution < 1.29 is 19.8 Å². The summed E-state index contributed by atoms with van der Waals surface area (Å²) in [6.45, 7) is 1.99. The minimum absolute atomic E-state index is 0.0423. The summed E-state index contributed by atoms with van der Waals surface area (Å²) in [7, 11) is 0. The number of nitrogens with zero attached hydrogens (tertiary/aromatic N) is 1. The van der Waals surface area contributed by atoms with Crippen molar-refractivity contribution >= 4 is 11.9 Å². The predicted octanol–water partition coefficient (Wildman–Crippen LogP) is 1.78. The van der Waals surface area contributed by atoms with E-state index in [4.69, 9.17) is 5.11 Å². The molecule has 2 N–H and O–H groups in total. The molecule has 1 aliphatic carbocycles. The number of carbonyl (C=O) groups excluding carboxylic acids is 1. The molecule has 0 bridgehead atoms. The van der Waals surface area contributed by atoms with Crippen LogP contribution in [0, 0.1) is 6.92 Å². The molecule has 1 fully saturated rings. The zero-order chi connectivity index (χ0) is 14.0. The van der Waals surface area contributed by atoms with Crippen molar-refractivity contribution in [2.24, 2.45) is 0 Å². The Bertz CT molecular complexity index is 508. The molecule has 0 unspecified atom stereocenters. The number of hydrogen-bond donors (Lipinski definition) is 2. The Labute approximate surface area is 111 Å². The van der Waals surface area contributed by atoms with E-state index in [1.54, 1.807) is 17.9 Å². The van der Waals surface area contributed by atoms with E-state index < -0.39 is 5.97 Å². The van der Waals surface area contributed by atoms with Gasteiger partial charge in [0, 0.05) is 18.2 Å². The molecule has 0 atom stereocenters. The number of carboxylic acid groups (broad SMARTS) is 1. The van der Waals surface area contributed by atoms with Crippen LogP contribution in [-0.4, -0.2) is 39.6 Å². The number of carbonyl (C=O) groups is 2. The van der Waals surface area contributed by atoms with Gasteiger partial charge >= 0.3 is 5.97 Å². The summed E-state index contributed by atoms with van der Waals surface area (Å²) in [5.74, 6) is -0.931. The third kappa shape index (κ3) is 3.24. The van der Waals surface area contributed by atoms with Crippen LogP contribution in [0.3, 0.4) is 0 Å². The van der Waals surface area contributed by atoms with Gasteiger partial charge in [-0.05, 0) is 43.5 Å². The molecule has 2 rings (SSSR count). The first-order chi connectivity index (χ1) is 8.99. The molecule has 0 saturated heterocycles. The van der Waals surface area contributed by atoms with E-state index >= 15 is 0 Å². The second kappa shape index (κ2) is 5.30. The zero-order valence-electron chi connectivity index (χ0n) is 10.8. The van der Waals surface area contributed by atoms with E-state index in [-0.39, 0.29) is 30.7 Å². The molecule has 102 valence electrons. The molecule has 0 spiro atoms. The van der Waals surface area contributed by atoms with Crippen LogP contribution in [0.1, 0.15) is 35.2 Å². The molecular weight excluding hydrogens is 246 g/mol. The number of aliphatic carboxylic acids is 1. The number of aromatic hydroxyl groups is 1. The van der Waals surface area contributed by atoms with Gasteiger partial charge in [0.2, 0.25) is 0 Å². The third-order valence-electron chi connectivity index (χ3n) is 3.26. The maximum atomic E-state index is 12.4. The van der Waals surface area contributed by atoms with Gasteiger partial charge in [0.15, 0.2) is 0 Å². The number of phenolic OH excluding ortho intramolecular Hbond substituents is 1. The van der Waals surface area contributed by atoms with Crippen LogP contribution in [0.15, 0.2) is 18.2 Å². The fraction of sp³-hybridized carbons (Fsp3) is 0.429. The van der Waals surface area contributed by atoms with Crippen LogP contribution in [0.4, 0.5) is 0 Å². The Hall–Kier alpha value is -2.04. The first kappa shape index (κ1) is 13.4. The van der Waals surface area contributed by atoms with Gasteiger partial charge < -0.3 is 15.1 Å². The van der Waals surface area contributed by atoms with E-state index in [9.17, 15) is 14.7 Å². The van der Waals surface area contributed by atoms with Crippen molar-refractivity contribution in [3.05, 3.63) is 29.3 Å². The average Bonchev–Trinajstić information content (AvgIpc) is 3.13. The first-order valence-electron chi connectivity index (χ1n) is 6.31. The maximum absolute atomic E-state index is 12.4. The molecule has 5 nitrogen and oxygen atoms in total. The van der Waals surface area contributed by atoms with E-state index in [1.165, 1.54) is 12.1 Å². The van der Waals surface area contributed by atoms with Crippen molar-refractivity contribution in [1.82, 2.24) is 4.90 Å². The first-order valence-corrected chi connectivity index (χ1v) is 6.31. The number of carboxylic acids is 1. The van der Waals surface area contributed by atoms with Gasteiger partial charge in [-0.2, -0.15) is 0 Å². The molecule has 1 aromatic carbocycles. The highest BCUT2D eigenvalue weighted by Crippen LogP contribution is 2.29. The minimum atomic E-state index is -0.902. The highest BCUT2D eigenvalue weighted by Gasteiger charge is 2.33. The molecule has 1 amide bonds. The fourth-order valence-electron chi connectivity index (χ4n) is 2.09. The van der Waals surface area contributed by atoms with Crippen molar-refractivity contribution in [3.63, 3.8) is 0 Å². The fourth-order valence-corrected chi connectivity index (χ4v) is 2.09. The number of rotatable bonds is 5. The lowest BCUT2D eigenvalue weighted by Gasteiger charge is -2.22. The third-order valence-corrected chi connectivity index (χ3v) is 3.26. The van der Waals surface area contributed by atoms with Gasteiger partial charge in [0.05, 0.1) is 6.42 Å². The van der Waals surface area contributed by atoms with Crippen LogP contribution in [0.2, 0.25) is 0 Å². The van der Waals surface area contributed by atoms with E-state index in [0.717, 1.165) is 12.8 Å². The standard InChI is InChI=1S/C14H17NO4/c1-9-8-11(16)4-5-12(9)14(19)15(10-2-3-10)7-6-13(17)18/h4-5,8,10,16H,2-3,6-7H2,1H3,(H,17,18). The zero-order valence-corrected chi connectivity index (χ0v) is 10.8.